The Bertz CT molecular complexity index is 286. The van der Waals surface area contributed by atoms with Gasteiger partial charge < -0.3 is 0 Å². The summed E-state index contributed by atoms with van der Waals surface area (Å²) in [5.41, 5.74) is 1.49. The van der Waals surface area contributed by atoms with Crippen molar-refractivity contribution in [1.29, 1.82) is 0 Å². The molecule has 0 aliphatic heterocycles. The van der Waals surface area contributed by atoms with Crippen LogP contribution in [0.2, 0.25) is 0 Å². The predicted molar refractivity (Wildman–Crippen MR) is 81.9 cm³/mol. The van der Waals surface area contributed by atoms with Crippen molar-refractivity contribution in [3.05, 3.63) is 48.6 Å². The zero-order chi connectivity index (χ0) is 12.9. The van der Waals surface area contributed by atoms with Crippen molar-refractivity contribution in [2.24, 2.45) is 0 Å². The minimum atomic E-state index is 1.19. The van der Waals surface area contributed by atoms with Gasteiger partial charge in [0.15, 0.2) is 0 Å². The Morgan fingerprint density at radius 3 is 1.89 bits per heavy atom. The van der Waals surface area contributed by atoms with E-state index in [1.165, 1.54) is 69.8 Å². The molecule has 0 aliphatic carbocycles. The second-order valence-electron chi connectivity index (χ2n) is 5.14. The highest BCUT2D eigenvalue weighted by Gasteiger charge is 1.94. The van der Waals surface area contributed by atoms with Gasteiger partial charge in [-0.15, -0.1) is 6.58 Å². The van der Waals surface area contributed by atoms with Crippen LogP contribution in [0.25, 0.3) is 0 Å². The van der Waals surface area contributed by atoms with Gasteiger partial charge in [0.05, 0.1) is 0 Å². The van der Waals surface area contributed by atoms with Crippen LogP contribution < -0.4 is 0 Å². The summed E-state index contributed by atoms with van der Waals surface area (Å²) in [6.45, 7) is 3.75. The van der Waals surface area contributed by atoms with Crippen LogP contribution in [0, 0.1) is 0 Å². The van der Waals surface area contributed by atoms with E-state index < -0.39 is 0 Å². The summed E-state index contributed by atoms with van der Waals surface area (Å²) in [4.78, 5) is 0. The fraction of sp³-hybridized carbons (Fsp3) is 0.556. The molecular formula is C18H28. The molecule has 0 radical (unpaired) electrons. The SMILES string of the molecule is C=CCCCCCCCCCCc1ccccc1. The third-order valence-corrected chi connectivity index (χ3v) is 3.47. The van der Waals surface area contributed by atoms with Gasteiger partial charge in [0.25, 0.3) is 0 Å². The van der Waals surface area contributed by atoms with Crippen molar-refractivity contribution in [3.63, 3.8) is 0 Å². The lowest BCUT2D eigenvalue weighted by molar-refractivity contribution is 0.569. The number of benzene rings is 1. The molecule has 0 saturated heterocycles. The minimum Gasteiger partial charge on any atom is -0.103 e. The summed E-state index contributed by atoms with van der Waals surface area (Å²) in [6.07, 6.45) is 15.6. The van der Waals surface area contributed by atoms with Crippen LogP contribution in [-0.4, -0.2) is 0 Å². The molecule has 0 bridgehead atoms. The molecule has 0 heteroatoms. The molecule has 0 unspecified atom stereocenters. The molecule has 1 aromatic carbocycles. The fourth-order valence-electron chi connectivity index (χ4n) is 2.32. The van der Waals surface area contributed by atoms with Crippen LogP contribution in [0.1, 0.15) is 63.4 Å². The summed E-state index contributed by atoms with van der Waals surface area (Å²) >= 11 is 0. The molecule has 0 aliphatic rings. The number of rotatable bonds is 11. The van der Waals surface area contributed by atoms with Gasteiger partial charge in [-0.25, -0.2) is 0 Å². The van der Waals surface area contributed by atoms with Crippen molar-refractivity contribution < 1.29 is 0 Å². The topological polar surface area (TPSA) is 0 Å². The highest BCUT2D eigenvalue weighted by Crippen LogP contribution is 2.11. The maximum atomic E-state index is 3.75. The molecule has 1 rings (SSSR count). The van der Waals surface area contributed by atoms with Crippen LogP contribution in [0.4, 0.5) is 0 Å². The van der Waals surface area contributed by atoms with Gasteiger partial charge in [0, 0.05) is 0 Å². The monoisotopic (exact) mass is 244 g/mol. The van der Waals surface area contributed by atoms with Gasteiger partial charge in [-0.1, -0.05) is 74.9 Å². The van der Waals surface area contributed by atoms with E-state index in [2.05, 4.69) is 36.9 Å². The van der Waals surface area contributed by atoms with E-state index in [-0.39, 0.29) is 0 Å². The Morgan fingerprint density at radius 2 is 1.28 bits per heavy atom. The maximum Gasteiger partial charge on any atom is -0.0279 e. The van der Waals surface area contributed by atoms with Gasteiger partial charge in [-0.3, -0.25) is 0 Å². The first kappa shape index (κ1) is 15.0. The lowest BCUT2D eigenvalue weighted by Gasteiger charge is -2.02. The average molecular weight is 244 g/mol. The predicted octanol–water partition coefficient (Wildman–Crippen LogP) is 5.93. The Balaban J connectivity index is 1.83. The van der Waals surface area contributed by atoms with E-state index >= 15 is 0 Å². The molecule has 0 N–H and O–H groups in total. The van der Waals surface area contributed by atoms with Gasteiger partial charge >= 0.3 is 0 Å². The zero-order valence-electron chi connectivity index (χ0n) is 11.7. The van der Waals surface area contributed by atoms with Crippen molar-refractivity contribution in [2.75, 3.05) is 0 Å². The van der Waals surface area contributed by atoms with Gasteiger partial charge in [-0.05, 0) is 31.2 Å². The average Bonchev–Trinajstić information content (AvgIpc) is 2.42. The second-order valence-corrected chi connectivity index (χ2v) is 5.14. The molecule has 0 amide bonds. The molecular weight excluding hydrogens is 216 g/mol. The fourth-order valence-corrected chi connectivity index (χ4v) is 2.32. The number of hydrogen-bond donors (Lipinski definition) is 0. The third kappa shape index (κ3) is 8.11. The lowest BCUT2D eigenvalue weighted by atomic mass is 10.0. The molecule has 100 valence electrons. The number of aryl methyl sites for hydroxylation is 1. The largest absolute Gasteiger partial charge is 0.103 e. The molecule has 0 spiro atoms. The highest BCUT2D eigenvalue weighted by molar-refractivity contribution is 5.14. The zero-order valence-corrected chi connectivity index (χ0v) is 11.7. The summed E-state index contributed by atoms with van der Waals surface area (Å²) in [5, 5.41) is 0. The van der Waals surface area contributed by atoms with Crippen molar-refractivity contribution in [2.45, 2.75) is 64.2 Å². The third-order valence-electron chi connectivity index (χ3n) is 3.47. The van der Waals surface area contributed by atoms with E-state index in [9.17, 15) is 0 Å². The Labute approximate surface area is 113 Å². The summed E-state index contributed by atoms with van der Waals surface area (Å²) in [6, 6.07) is 10.8. The van der Waals surface area contributed by atoms with Crippen molar-refractivity contribution in [3.8, 4) is 0 Å². The molecule has 0 aromatic heterocycles. The number of unbranched alkanes of at least 4 members (excludes halogenated alkanes) is 8. The number of hydrogen-bond acceptors (Lipinski definition) is 0. The van der Waals surface area contributed by atoms with E-state index in [1.54, 1.807) is 0 Å². The summed E-state index contributed by atoms with van der Waals surface area (Å²) < 4.78 is 0. The maximum absolute atomic E-state index is 3.75. The molecule has 0 saturated carbocycles. The van der Waals surface area contributed by atoms with Crippen LogP contribution in [0.3, 0.4) is 0 Å². The Kier molecular flexibility index (Phi) is 9.24. The Hall–Kier alpha value is -1.04. The van der Waals surface area contributed by atoms with Crippen molar-refractivity contribution in [1.82, 2.24) is 0 Å². The smallest absolute Gasteiger partial charge is 0.0279 e. The Morgan fingerprint density at radius 1 is 0.722 bits per heavy atom. The summed E-state index contributed by atoms with van der Waals surface area (Å²) in [5.74, 6) is 0. The minimum absolute atomic E-state index is 1.19. The van der Waals surface area contributed by atoms with Gasteiger partial charge in [-0.2, -0.15) is 0 Å². The van der Waals surface area contributed by atoms with Gasteiger partial charge in [0.1, 0.15) is 0 Å². The van der Waals surface area contributed by atoms with E-state index in [0.717, 1.165) is 0 Å². The van der Waals surface area contributed by atoms with Crippen LogP contribution >= 0.6 is 0 Å². The molecule has 18 heavy (non-hydrogen) atoms. The lowest BCUT2D eigenvalue weighted by Crippen LogP contribution is -1.86. The molecule has 0 fully saturated rings. The first-order valence-electron chi connectivity index (χ1n) is 7.58. The first-order chi connectivity index (χ1) is 8.93. The first-order valence-corrected chi connectivity index (χ1v) is 7.58. The summed E-state index contributed by atoms with van der Waals surface area (Å²) in [7, 11) is 0. The normalized spacial score (nSPS) is 10.4. The van der Waals surface area contributed by atoms with Crippen LogP contribution in [0.15, 0.2) is 43.0 Å². The van der Waals surface area contributed by atoms with Gasteiger partial charge in [0.2, 0.25) is 0 Å². The van der Waals surface area contributed by atoms with Crippen LogP contribution in [-0.2, 0) is 6.42 Å². The standard InChI is InChI=1S/C18H28/c1-2-3-4-5-6-7-8-9-10-12-15-18-16-13-11-14-17-18/h2,11,13-14,16-17H,1,3-10,12,15H2. The van der Waals surface area contributed by atoms with Crippen LogP contribution in [0.5, 0.6) is 0 Å². The number of allylic oxidation sites excluding steroid dienone is 1. The molecule has 0 nitrogen and oxygen atoms in total. The van der Waals surface area contributed by atoms with E-state index in [0.29, 0.717) is 0 Å². The quantitative estimate of drug-likeness (QED) is 0.334. The van der Waals surface area contributed by atoms with E-state index in [4.69, 9.17) is 0 Å². The molecule has 0 heterocycles. The second kappa shape index (κ2) is 11.1. The molecule has 0 atom stereocenters. The van der Waals surface area contributed by atoms with E-state index in [1.807, 2.05) is 6.08 Å². The van der Waals surface area contributed by atoms with Crippen molar-refractivity contribution >= 4 is 0 Å². The highest BCUT2D eigenvalue weighted by atomic mass is 14.0. The molecule has 1 aromatic rings.